The molecule has 0 bridgehead atoms. The summed E-state index contributed by atoms with van der Waals surface area (Å²) in [6.45, 7) is 6.29. The van der Waals surface area contributed by atoms with E-state index in [9.17, 15) is 10.1 Å². The quantitative estimate of drug-likeness (QED) is 0.661. The van der Waals surface area contributed by atoms with Crippen LogP contribution in [0.1, 0.15) is 11.1 Å². The van der Waals surface area contributed by atoms with Gasteiger partial charge >= 0.3 is 0 Å². The summed E-state index contributed by atoms with van der Waals surface area (Å²) in [6, 6.07) is 3.26. The van der Waals surface area contributed by atoms with Crippen LogP contribution in [0.4, 0.5) is 5.69 Å². The van der Waals surface area contributed by atoms with Crippen LogP contribution in [0, 0.1) is 24.0 Å². The van der Waals surface area contributed by atoms with Gasteiger partial charge in [0.15, 0.2) is 0 Å². The number of nitro benzene ring substituents is 1. The van der Waals surface area contributed by atoms with Gasteiger partial charge in [-0.2, -0.15) is 0 Å². The van der Waals surface area contributed by atoms with Gasteiger partial charge in [0.05, 0.1) is 11.5 Å². The zero-order valence-corrected chi connectivity index (χ0v) is 11.1. The number of benzene rings is 1. The van der Waals surface area contributed by atoms with Gasteiger partial charge in [-0.25, -0.2) is 0 Å². The topological polar surface area (TPSA) is 73.6 Å². The average Bonchev–Trinajstić information content (AvgIpc) is 2.40. The lowest BCUT2D eigenvalue weighted by molar-refractivity contribution is -0.385. The molecule has 0 aliphatic carbocycles. The van der Waals surface area contributed by atoms with E-state index in [4.69, 9.17) is 9.47 Å². The Morgan fingerprint density at radius 3 is 2.89 bits per heavy atom. The molecule has 1 N–H and O–H groups in total. The van der Waals surface area contributed by atoms with Crippen LogP contribution >= 0.6 is 0 Å². The fourth-order valence-corrected chi connectivity index (χ4v) is 2.04. The molecular weight excluding hydrogens is 248 g/mol. The molecule has 1 aliphatic heterocycles. The Balaban J connectivity index is 2.04. The standard InChI is InChI=1S/C13H18N2O4/c1-9-6-13(10(2)5-12(9)15(16)17)19-8-11-7-14-3-4-18-11/h5-6,11,14H,3-4,7-8H2,1-2H3. The van der Waals surface area contributed by atoms with Crippen molar-refractivity contribution in [3.05, 3.63) is 33.4 Å². The number of nitrogens with zero attached hydrogens (tertiary/aromatic N) is 1. The van der Waals surface area contributed by atoms with Crippen LogP contribution in [0.5, 0.6) is 5.75 Å². The molecule has 1 heterocycles. The monoisotopic (exact) mass is 266 g/mol. The van der Waals surface area contributed by atoms with Gasteiger partial charge in [-0.1, -0.05) is 0 Å². The fourth-order valence-electron chi connectivity index (χ4n) is 2.04. The van der Waals surface area contributed by atoms with Crippen LogP contribution < -0.4 is 10.1 Å². The zero-order valence-electron chi connectivity index (χ0n) is 11.1. The first kappa shape index (κ1) is 13.8. The Labute approximate surface area is 111 Å². The van der Waals surface area contributed by atoms with Crippen molar-refractivity contribution in [1.29, 1.82) is 0 Å². The lowest BCUT2D eigenvalue weighted by Gasteiger charge is -2.24. The molecule has 6 heteroatoms. The molecule has 104 valence electrons. The number of aryl methyl sites for hydroxylation is 2. The van der Waals surface area contributed by atoms with Crippen molar-refractivity contribution >= 4 is 5.69 Å². The Morgan fingerprint density at radius 1 is 1.47 bits per heavy atom. The molecule has 0 radical (unpaired) electrons. The van der Waals surface area contributed by atoms with E-state index in [-0.39, 0.29) is 16.7 Å². The van der Waals surface area contributed by atoms with E-state index < -0.39 is 0 Å². The summed E-state index contributed by atoms with van der Waals surface area (Å²) >= 11 is 0. The van der Waals surface area contributed by atoms with E-state index in [2.05, 4.69) is 5.32 Å². The number of nitrogens with one attached hydrogen (secondary N) is 1. The molecule has 0 amide bonds. The number of ether oxygens (including phenoxy) is 2. The molecule has 1 aromatic carbocycles. The Morgan fingerprint density at radius 2 is 2.26 bits per heavy atom. The van der Waals surface area contributed by atoms with Crippen molar-refractivity contribution in [2.45, 2.75) is 20.0 Å². The summed E-state index contributed by atoms with van der Waals surface area (Å²) in [6.07, 6.45) is 0.0312. The van der Waals surface area contributed by atoms with Gasteiger partial charge < -0.3 is 14.8 Å². The van der Waals surface area contributed by atoms with Crippen LogP contribution in [0.3, 0.4) is 0 Å². The summed E-state index contributed by atoms with van der Waals surface area (Å²) in [4.78, 5) is 10.5. The van der Waals surface area contributed by atoms with Crippen molar-refractivity contribution in [2.24, 2.45) is 0 Å². The predicted molar refractivity (Wildman–Crippen MR) is 70.7 cm³/mol. The normalized spacial score (nSPS) is 19.2. The Hall–Kier alpha value is -1.66. The third kappa shape index (κ3) is 3.42. The van der Waals surface area contributed by atoms with E-state index >= 15 is 0 Å². The second-order valence-electron chi connectivity index (χ2n) is 4.67. The van der Waals surface area contributed by atoms with Gasteiger partial charge in [0.1, 0.15) is 18.5 Å². The third-order valence-corrected chi connectivity index (χ3v) is 3.12. The molecule has 1 unspecified atom stereocenters. The van der Waals surface area contributed by atoms with E-state index in [1.807, 2.05) is 6.92 Å². The summed E-state index contributed by atoms with van der Waals surface area (Å²) < 4.78 is 11.2. The first-order valence-corrected chi connectivity index (χ1v) is 6.28. The second kappa shape index (κ2) is 5.99. The van der Waals surface area contributed by atoms with Crippen LogP contribution in [0.25, 0.3) is 0 Å². The second-order valence-corrected chi connectivity index (χ2v) is 4.67. The van der Waals surface area contributed by atoms with Crippen LogP contribution in [-0.4, -0.2) is 37.3 Å². The SMILES string of the molecule is Cc1cc([N+](=O)[O-])c(C)cc1OCC1CNCCO1. The van der Waals surface area contributed by atoms with Crippen LogP contribution in [0.2, 0.25) is 0 Å². The minimum atomic E-state index is -0.375. The average molecular weight is 266 g/mol. The highest BCUT2D eigenvalue weighted by Gasteiger charge is 2.17. The van der Waals surface area contributed by atoms with E-state index in [0.29, 0.717) is 24.5 Å². The Kier molecular flexibility index (Phi) is 4.34. The van der Waals surface area contributed by atoms with E-state index in [1.165, 1.54) is 0 Å². The summed E-state index contributed by atoms with van der Waals surface area (Å²) in [5, 5.41) is 14.1. The molecule has 19 heavy (non-hydrogen) atoms. The van der Waals surface area contributed by atoms with Crippen LogP contribution in [-0.2, 0) is 4.74 Å². The molecule has 0 aromatic heterocycles. The first-order valence-electron chi connectivity index (χ1n) is 6.28. The maximum absolute atomic E-state index is 10.8. The van der Waals surface area contributed by atoms with E-state index in [0.717, 1.165) is 18.7 Å². The molecule has 1 saturated heterocycles. The minimum Gasteiger partial charge on any atom is -0.491 e. The van der Waals surface area contributed by atoms with Crippen molar-refractivity contribution < 1.29 is 14.4 Å². The van der Waals surface area contributed by atoms with Gasteiger partial charge in [-0.15, -0.1) is 0 Å². The van der Waals surface area contributed by atoms with Gasteiger partial charge in [0.25, 0.3) is 5.69 Å². The number of morpholine rings is 1. The maximum Gasteiger partial charge on any atom is 0.272 e. The third-order valence-electron chi connectivity index (χ3n) is 3.12. The molecule has 1 aromatic rings. The molecule has 1 fully saturated rings. The van der Waals surface area contributed by atoms with Gasteiger partial charge in [-0.3, -0.25) is 10.1 Å². The van der Waals surface area contributed by atoms with Crippen molar-refractivity contribution in [2.75, 3.05) is 26.3 Å². The lowest BCUT2D eigenvalue weighted by atomic mass is 10.1. The molecule has 6 nitrogen and oxygen atoms in total. The summed E-state index contributed by atoms with van der Waals surface area (Å²) in [7, 11) is 0. The molecule has 0 spiro atoms. The first-order chi connectivity index (χ1) is 9.08. The fraction of sp³-hybridized carbons (Fsp3) is 0.538. The summed E-state index contributed by atoms with van der Waals surface area (Å²) in [5.74, 6) is 0.678. The van der Waals surface area contributed by atoms with Gasteiger partial charge in [-0.05, 0) is 25.5 Å². The number of hydrogen-bond acceptors (Lipinski definition) is 5. The number of nitro groups is 1. The van der Waals surface area contributed by atoms with Gasteiger partial charge in [0.2, 0.25) is 0 Å². The highest BCUT2D eigenvalue weighted by molar-refractivity contribution is 5.49. The van der Waals surface area contributed by atoms with E-state index in [1.54, 1.807) is 19.1 Å². The largest absolute Gasteiger partial charge is 0.491 e. The highest BCUT2D eigenvalue weighted by atomic mass is 16.6. The van der Waals surface area contributed by atoms with Crippen molar-refractivity contribution in [3.8, 4) is 5.75 Å². The number of hydrogen-bond donors (Lipinski definition) is 1. The highest BCUT2D eigenvalue weighted by Crippen LogP contribution is 2.27. The molecular formula is C13H18N2O4. The van der Waals surface area contributed by atoms with Crippen molar-refractivity contribution in [1.82, 2.24) is 5.32 Å². The molecule has 2 rings (SSSR count). The minimum absolute atomic E-state index is 0.0312. The molecule has 1 aliphatic rings. The summed E-state index contributed by atoms with van der Waals surface area (Å²) in [5.41, 5.74) is 1.50. The van der Waals surface area contributed by atoms with Gasteiger partial charge in [0, 0.05) is 24.7 Å². The lowest BCUT2D eigenvalue weighted by Crippen LogP contribution is -2.41. The molecule has 1 atom stereocenters. The smallest absolute Gasteiger partial charge is 0.272 e. The molecule has 0 saturated carbocycles. The maximum atomic E-state index is 10.8. The predicted octanol–water partition coefficient (Wildman–Crippen LogP) is 1.58. The number of rotatable bonds is 4. The Bertz CT molecular complexity index is 470. The van der Waals surface area contributed by atoms with Crippen molar-refractivity contribution in [3.63, 3.8) is 0 Å². The van der Waals surface area contributed by atoms with Crippen LogP contribution in [0.15, 0.2) is 12.1 Å². The zero-order chi connectivity index (χ0) is 13.8.